The van der Waals surface area contributed by atoms with Gasteiger partial charge in [0, 0.05) is 36.1 Å². The summed E-state index contributed by atoms with van der Waals surface area (Å²) in [5.74, 6) is 0. The number of halogens is 1. The fourth-order valence-electron chi connectivity index (χ4n) is 1.80. The van der Waals surface area contributed by atoms with Gasteiger partial charge in [0.25, 0.3) is 5.69 Å². The highest BCUT2D eigenvalue weighted by Crippen LogP contribution is 2.28. The molecule has 2 aromatic rings. The van der Waals surface area contributed by atoms with Crippen molar-refractivity contribution in [2.24, 2.45) is 0 Å². The number of nitrogens with zero attached hydrogens (tertiary/aromatic N) is 3. The Hall–Kier alpha value is -2.08. The first-order valence-electron chi connectivity index (χ1n) is 5.72. The minimum atomic E-state index is -0.446. The largest absolute Gasteiger partial charge is 0.375 e. The Morgan fingerprint density at radius 3 is 3.00 bits per heavy atom. The van der Waals surface area contributed by atoms with Crippen LogP contribution in [0.3, 0.4) is 0 Å². The van der Waals surface area contributed by atoms with Crippen molar-refractivity contribution in [3.8, 4) is 0 Å². The second-order valence-electron chi connectivity index (χ2n) is 4.22. The normalized spacial score (nSPS) is 12.1. The highest BCUT2D eigenvalue weighted by molar-refractivity contribution is 6.30. The third-order valence-electron chi connectivity index (χ3n) is 2.60. The molecule has 0 aliphatic rings. The molecule has 1 aromatic carbocycles. The molecule has 19 heavy (non-hydrogen) atoms. The maximum atomic E-state index is 11.0. The zero-order valence-electron chi connectivity index (χ0n) is 10.3. The van der Waals surface area contributed by atoms with Crippen LogP contribution in [0.2, 0.25) is 5.02 Å². The molecule has 1 unspecified atom stereocenters. The molecule has 0 saturated heterocycles. The van der Waals surface area contributed by atoms with Crippen LogP contribution in [0.4, 0.5) is 11.4 Å². The number of nitro benzene ring substituents is 1. The summed E-state index contributed by atoms with van der Waals surface area (Å²) in [6, 6.07) is 4.61. The van der Waals surface area contributed by atoms with Crippen LogP contribution >= 0.6 is 11.6 Å². The van der Waals surface area contributed by atoms with Gasteiger partial charge in [-0.3, -0.25) is 10.1 Å². The average Bonchev–Trinajstić information content (AvgIpc) is 2.83. The first-order valence-corrected chi connectivity index (χ1v) is 6.10. The number of hydrogen-bond donors (Lipinski definition) is 1. The van der Waals surface area contributed by atoms with Gasteiger partial charge in [-0.15, -0.1) is 0 Å². The quantitative estimate of drug-likeness (QED) is 0.675. The molecule has 0 aliphatic carbocycles. The van der Waals surface area contributed by atoms with Crippen molar-refractivity contribution in [1.82, 2.24) is 9.55 Å². The number of nitro groups is 1. The van der Waals surface area contributed by atoms with E-state index < -0.39 is 4.92 Å². The van der Waals surface area contributed by atoms with Gasteiger partial charge in [-0.2, -0.15) is 0 Å². The average molecular weight is 281 g/mol. The minimum Gasteiger partial charge on any atom is -0.375 e. The monoisotopic (exact) mass is 280 g/mol. The predicted octanol–water partition coefficient (Wildman–Crippen LogP) is 2.95. The Kier molecular flexibility index (Phi) is 4.01. The smallest absolute Gasteiger partial charge is 0.293 e. The Morgan fingerprint density at radius 2 is 2.37 bits per heavy atom. The lowest BCUT2D eigenvalue weighted by Crippen LogP contribution is -2.21. The molecule has 0 fully saturated rings. The summed E-state index contributed by atoms with van der Waals surface area (Å²) in [6.07, 6.45) is 5.24. The van der Waals surface area contributed by atoms with Crippen LogP contribution in [0.25, 0.3) is 0 Å². The summed E-state index contributed by atoms with van der Waals surface area (Å²) < 4.78 is 1.90. The number of nitrogens with one attached hydrogen (secondary N) is 1. The van der Waals surface area contributed by atoms with Crippen LogP contribution in [-0.2, 0) is 6.54 Å². The summed E-state index contributed by atoms with van der Waals surface area (Å²) >= 11 is 5.77. The van der Waals surface area contributed by atoms with Gasteiger partial charge in [-0.1, -0.05) is 11.6 Å². The molecule has 1 heterocycles. The van der Waals surface area contributed by atoms with Crippen molar-refractivity contribution in [3.05, 3.63) is 52.1 Å². The van der Waals surface area contributed by atoms with Gasteiger partial charge >= 0.3 is 0 Å². The molecular weight excluding hydrogens is 268 g/mol. The molecule has 100 valence electrons. The lowest BCUT2D eigenvalue weighted by molar-refractivity contribution is -0.384. The predicted molar refractivity (Wildman–Crippen MR) is 73.4 cm³/mol. The highest BCUT2D eigenvalue weighted by atomic mass is 35.5. The maximum Gasteiger partial charge on any atom is 0.293 e. The zero-order chi connectivity index (χ0) is 13.8. The van der Waals surface area contributed by atoms with Crippen molar-refractivity contribution in [2.45, 2.75) is 19.5 Å². The number of rotatable bonds is 5. The van der Waals surface area contributed by atoms with E-state index in [-0.39, 0.29) is 11.7 Å². The highest BCUT2D eigenvalue weighted by Gasteiger charge is 2.16. The van der Waals surface area contributed by atoms with E-state index in [2.05, 4.69) is 10.3 Å². The van der Waals surface area contributed by atoms with Gasteiger partial charge in [-0.25, -0.2) is 4.98 Å². The lowest BCUT2D eigenvalue weighted by Gasteiger charge is -2.15. The van der Waals surface area contributed by atoms with Crippen LogP contribution < -0.4 is 5.32 Å². The van der Waals surface area contributed by atoms with E-state index in [9.17, 15) is 10.1 Å². The molecule has 0 aliphatic heterocycles. The molecule has 1 aromatic heterocycles. The van der Waals surface area contributed by atoms with Crippen molar-refractivity contribution < 1.29 is 4.92 Å². The van der Waals surface area contributed by atoms with Gasteiger partial charge in [0.15, 0.2) is 0 Å². The van der Waals surface area contributed by atoms with Crippen LogP contribution in [0.5, 0.6) is 0 Å². The number of imidazole rings is 1. The van der Waals surface area contributed by atoms with Crippen molar-refractivity contribution in [3.63, 3.8) is 0 Å². The van der Waals surface area contributed by atoms with Gasteiger partial charge in [-0.05, 0) is 19.1 Å². The number of hydrogen-bond acceptors (Lipinski definition) is 4. The standard InChI is InChI=1S/C12H13ClN4O2/c1-9(7-16-5-4-14-8-16)15-11-3-2-10(13)6-12(11)17(18)19/h2-6,8-9,15H,7H2,1H3. The molecule has 7 heteroatoms. The van der Waals surface area contributed by atoms with Crippen LogP contribution in [-0.4, -0.2) is 20.5 Å². The summed E-state index contributed by atoms with van der Waals surface area (Å²) in [5.41, 5.74) is 0.437. The van der Waals surface area contributed by atoms with E-state index in [4.69, 9.17) is 11.6 Å². The molecule has 0 radical (unpaired) electrons. The van der Waals surface area contributed by atoms with Gasteiger partial charge < -0.3 is 9.88 Å². The van der Waals surface area contributed by atoms with Crippen LogP contribution in [0, 0.1) is 10.1 Å². The minimum absolute atomic E-state index is 0.0223. The van der Waals surface area contributed by atoms with Crippen molar-refractivity contribution in [1.29, 1.82) is 0 Å². The Labute approximate surface area is 115 Å². The van der Waals surface area contributed by atoms with E-state index in [0.717, 1.165) is 0 Å². The summed E-state index contributed by atoms with van der Waals surface area (Å²) in [5, 5.41) is 14.4. The number of benzene rings is 1. The molecule has 6 nitrogen and oxygen atoms in total. The number of aromatic nitrogens is 2. The topological polar surface area (TPSA) is 73.0 Å². The first-order chi connectivity index (χ1) is 9.06. The van der Waals surface area contributed by atoms with Crippen LogP contribution in [0.15, 0.2) is 36.9 Å². The number of anilines is 1. The summed E-state index contributed by atoms with van der Waals surface area (Å²) in [4.78, 5) is 14.5. The summed E-state index contributed by atoms with van der Waals surface area (Å²) in [6.45, 7) is 2.61. The molecule has 1 N–H and O–H groups in total. The Balaban J connectivity index is 2.12. The van der Waals surface area contributed by atoms with E-state index >= 15 is 0 Å². The van der Waals surface area contributed by atoms with E-state index in [1.54, 1.807) is 24.7 Å². The fraction of sp³-hybridized carbons (Fsp3) is 0.250. The van der Waals surface area contributed by atoms with Gasteiger partial charge in [0.1, 0.15) is 5.69 Å². The molecule has 0 saturated carbocycles. The second-order valence-corrected chi connectivity index (χ2v) is 4.66. The van der Waals surface area contributed by atoms with Crippen LogP contribution in [0.1, 0.15) is 6.92 Å². The van der Waals surface area contributed by atoms with Gasteiger partial charge in [0.05, 0.1) is 11.3 Å². The molecule has 2 rings (SSSR count). The molecule has 0 spiro atoms. The summed E-state index contributed by atoms with van der Waals surface area (Å²) in [7, 11) is 0. The maximum absolute atomic E-state index is 11.0. The van der Waals surface area contributed by atoms with E-state index in [1.807, 2.05) is 17.7 Å². The van der Waals surface area contributed by atoms with Gasteiger partial charge in [0.2, 0.25) is 0 Å². The third kappa shape index (κ3) is 3.45. The molecular formula is C12H13ClN4O2. The molecule has 1 atom stereocenters. The van der Waals surface area contributed by atoms with Crippen molar-refractivity contribution in [2.75, 3.05) is 5.32 Å². The second kappa shape index (κ2) is 5.71. The fourth-order valence-corrected chi connectivity index (χ4v) is 1.97. The lowest BCUT2D eigenvalue weighted by atomic mass is 10.2. The SMILES string of the molecule is CC(Cn1ccnc1)Nc1ccc(Cl)cc1[N+](=O)[O-]. The molecule has 0 bridgehead atoms. The van der Waals surface area contributed by atoms with E-state index in [1.165, 1.54) is 6.07 Å². The third-order valence-corrected chi connectivity index (χ3v) is 2.84. The Morgan fingerprint density at radius 1 is 1.58 bits per heavy atom. The first kappa shape index (κ1) is 13.4. The molecule has 0 amide bonds. The Bertz CT molecular complexity index is 571. The van der Waals surface area contributed by atoms with Crippen molar-refractivity contribution >= 4 is 23.0 Å². The zero-order valence-corrected chi connectivity index (χ0v) is 11.0. The van der Waals surface area contributed by atoms with E-state index in [0.29, 0.717) is 17.3 Å².